The maximum Gasteiger partial charge on any atom is 0.0810 e. The van der Waals surface area contributed by atoms with Crippen LogP contribution in [0.25, 0.3) is 0 Å². The first-order chi connectivity index (χ1) is 6.86. The van der Waals surface area contributed by atoms with Crippen LogP contribution >= 0.6 is 24.0 Å². The number of ether oxygens (including phenoxy) is 1. The van der Waals surface area contributed by atoms with E-state index in [4.69, 9.17) is 4.74 Å². The minimum Gasteiger partial charge on any atom is -0.373 e. The predicted molar refractivity (Wildman–Crippen MR) is 66.3 cm³/mol. The molecule has 0 N–H and O–H groups in total. The van der Waals surface area contributed by atoms with E-state index in [1.807, 2.05) is 0 Å². The normalized spacial score (nSPS) is 18.6. The molecule has 0 amide bonds. The van der Waals surface area contributed by atoms with E-state index >= 15 is 0 Å². The van der Waals surface area contributed by atoms with Gasteiger partial charge < -0.3 is 4.74 Å². The lowest BCUT2D eigenvalue weighted by Gasteiger charge is -1.86. The molecule has 1 aromatic rings. The van der Waals surface area contributed by atoms with Crippen molar-refractivity contribution in [3.05, 3.63) is 22.4 Å². The van der Waals surface area contributed by atoms with Gasteiger partial charge in [-0.15, -0.1) is 0 Å². The van der Waals surface area contributed by atoms with E-state index in [0.717, 1.165) is 12.4 Å². The first-order valence-electron chi connectivity index (χ1n) is 5.10. The second-order valence-electron chi connectivity index (χ2n) is 3.39. The number of thiophene rings is 1. The fourth-order valence-corrected chi connectivity index (χ4v) is 2.04. The molecule has 1 aliphatic rings. The Hall–Kier alpha value is 0.01000. The molecule has 0 radical (unpaired) electrons. The van der Waals surface area contributed by atoms with Gasteiger partial charge in [0.25, 0.3) is 0 Å². The fraction of sp³-hybridized carbons (Fsp3) is 0.636. The van der Waals surface area contributed by atoms with Gasteiger partial charge in [-0.2, -0.15) is 24.0 Å². The largest absolute Gasteiger partial charge is 0.373 e. The summed E-state index contributed by atoms with van der Waals surface area (Å²) in [5.74, 6) is 0.865. The molecular weight excluding hydrogens is 212 g/mol. The zero-order chi connectivity index (χ0) is 10.2. The number of hydrogen-bond donors (Lipinski definition) is 1. The molecule has 1 aromatic heterocycles. The summed E-state index contributed by atoms with van der Waals surface area (Å²) in [5.41, 5.74) is 1.31. The Morgan fingerprint density at radius 1 is 1.64 bits per heavy atom. The number of unbranched alkanes of at least 4 members (excludes halogenated alkanes) is 1. The van der Waals surface area contributed by atoms with Gasteiger partial charge in [0.2, 0.25) is 0 Å². The van der Waals surface area contributed by atoms with E-state index < -0.39 is 0 Å². The minimum atomic E-state index is 0.653. The molecule has 0 aliphatic carbocycles. The van der Waals surface area contributed by atoms with Crippen LogP contribution in [-0.2, 0) is 10.5 Å². The summed E-state index contributed by atoms with van der Waals surface area (Å²) in [7, 11) is 0. The molecular formula is C11H18OS2. The maximum atomic E-state index is 5.01. The Morgan fingerprint density at radius 3 is 2.79 bits per heavy atom. The molecule has 2 rings (SSSR count). The highest BCUT2D eigenvalue weighted by atomic mass is 32.1. The van der Waals surface area contributed by atoms with Crippen LogP contribution in [0, 0.1) is 0 Å². The van der Waals surface area contributed by atoms with Crippen LogP contribution in [0.1, 0.15) is 31.7 Å². The smallest absolute Gasteiger partial charge is 0.0810 e. The number of epoxide rings is 1. The minimum absolute atomic E-state index is 0.653. The van der Waals surface area contributed by atoms with Crippen LogP contribution in [0.2, 0.25) is 0 Å². The third-order valence-electron chi connectivity index (χ3n) is 2.04. The highest BCUT2D eigenvalue weighted by Gasteiger charge is 2.20. The molecule has 1 unspecified atom stereocenters. The van der Waals surface area contributed by atoms with E-state index in [-0.39, 0.29) is 0 Å². The van der Waals surface area contributed by atoms with Crippen molar-refractivity contribution in [2.75, 3.05) is 6.61 Å². The Morgan fingerprint density at radius 2 is 2.43 bits per heavy atom. The van der Waals surface area contributed by atoms with E-state index in [1.54, 1.807) is 11.3 Å². The van der Waals surface area contributed by atoms with Crippen molar-refractivity contribution in [1.29, 1.82) is 0 Å². The molecule has 1 fully saturated rings. The molecule has 0 aromatic carbocycles. The average Bonchev–Trinajstić information content (AvgIpc) is 2.89. The summed E-state index contributed by atoms with van der Waals surface area (Å²) >= 11 is 5.80. The summed E-state index contributed by atoms with van der Waals surface area (Å²) in [5, 5.41) is 4.17. The summed E-state index contributed by atoms with van der Waals surface area (Å²) in [6.45, 7) is 3.24. The predicted octanol–water partition coefficient (Wildman–Crippen LogP) is 3.75. The van der Waals surface area contributed by atoms with Crippen LogP contribution in [0.3, 0.4) is 0 Å². The van der Waals surface area contributed by atoms with Crippen molar-refractivity contribution in [2.45, 2.75) is 38.0 Å². The van der Waals surface area contributed by atoms with Gasteiger partial charge in [0, 0.05) is 5.75 Å². The third kappa shape index (κ3) is 5.68. The molecule has 1 nitrogen and oxygen atoms in total. The standard InChI is InChI=1S/C6H12O.C5H6S2/c1-2-3-4-6-5-7-6;6-3-5-1-2-7-4-5/h6H,2-5H2,1H3;1-2,4,6H,3H2. The molecule has 0 bridgehead atoms. The Kier molecular flexibility index (Phi) is 6.32. The first-order valence-corrected chi connectivity index (χ1v) is 6.68. The van der Waals surface area contributed by atoms with Gasteiger partial charge in [0.15, 0.2) is 0 Å². The molecule has 1 saturated heterocycles. The molecule has 2 heterocycles. The maximum absolute atomic E-state index is 5.01. The highest BCUT2D eigenvalue weighted by Crippen LogP contribution is 2.15. The van der Waals surface area contributed by atoms with Gasteiger partial charge in [-0.05, 0) is 28.8 Å². The zero-order valence-corrected chi connectivity index (χ0v) is 10.3. The van der Waals surface area contributed by atoms with E-state index in [9.17, 15) is 0 Å². The zero-order valence-electron chi connectivity index (χ0n) is 8.61. The average molecular weight is 230 g/mol. The number of thiol groups is 1. The molecule has 0 spiro atoms. The van der Waals surface area contributed by atoms with Crippen molar-refractivity contribution in [2.24, 2.45) is 0 Å². The lowest BCUT2D eigenvalue weighted by atomic mass is 10.2. The molecule has 80 valence electrons. The van der Waals surface area contributed by atoms with Gasteiger partial charge in [0.1, 0.15) is 0 Å². The molecule has 3 heteroatoms. The van der Waals surface area contributed by atoms with Crippen molar-refractivity contribution >= 4 is 24.0 Å². The van der Waals surface area contributed by atoms with Crippen molar-refractivity contribution < 1.29 is 4.74 Å². The second kappa shape index (κ2) is 7.32. The van der Waals surface area contributed by atoms with Gasteiger partial charge in [-0.25, -0.2) is 0 Å². The Bertz CT molecular complexity index is 217. The fourth-order valence-electron chi connectivity index (χ4n) is 1.05. The molecule has 1 atom stereocenters. The molecule has 0 saturated carbocycles. The van der Waals surface area contributed by atoms with Crippen LogP contribution < -0.4 is 0 Å². The molecule has 1 aliphatic heterocycles. The lowest BCUT2D eigenvalue weighted by Crippen LogP contribution is -1.81. The monoisotopic (exact) mass is 230 g/mol. The van der Waals surface area contributed by atoms with Crippen LogP contribution in [0.4, 0.5) is 0 Å². The van der Waals surface area contributed by atoms with Gasteiger partial charge >= 0.3 is 0 Å². The van der Waals surface area contributed by atoms with Crippen molar-refractivity contribution in [3.63, 3.8) is 0 Å². The first kappa shape index (κ1) is 12.1. The highest BCUT2D eigenvalue weighted by molar-refractivity contribution is 7.79. The summed E-state index contributed by atoms with van der Waals surface area (Å²) in [6.07, 6.45) is 4.58. The quantitative estimate of drug-likeness (QED) is 0.614. The van der Waals surface area contributed by atoms with E-state index in [0.29, 0.717) is 6.10 Å². The topological polar surface area (TPSA) is 12.5 Å². The van der Waals surface area contributed by atoms with E-state index in [1.165, 1.54) is 24.8 Å². The number of rotatable bonds is 4. The van der Waals surface area contributed by atoms with Gasteiger partial charge in [-0.3, -0.25) is 0 Å². The summed E-state index contributed by atoms with van der Waals surface area (Å²) in [6, 6.07) is 2.08. The van der Waals surface area contributed by atoms with Gasteiger partial charge in [-0.1, -0.05) is 19.8 Å². The third-order valence-corrected chi connectivity index (χ3v) is 3.14. The Balaban J connectivity index is 0.000000140. The van der Waals surface area contributed by atoms with E-state index in [2.05, 4.69) is 36.4 Å². The SMILES string of the molecule is CCCCC1CO1.SCc1ccsc1. The lowest BCUT2D eigenvalue weighted by molar-refractivity contribution is 0.391. The van der Waals surface area contributed by atoms with Crippen LogP contribution in [0.5, 0.6) is 0 Å². The Labute approximate surface area is 95.9 Å². The van der Waals surface area contributed by atoms with Gasteiger partial charge in [0.05, 0.1) is 12.7 Å². The van der Waals surface area contributed by atoms with Crippen molar-refractivity contribution in [1.82, 2.24) is 0 Å². The van der Waals surface area contributed by atoms with Crippen molar-refractivity contribution in [3.8, 4) is 0 Å². The summed E-state index contributed by atoms with van der Waals surface area (Å²) in [4.78, 5) is 0. The van der Waals surface area contributed by atoms with Crippen LogP contribution in [0.15, 0.2) is 16.8 Å². The molecule has 14 heavy (non-hydrogen) atoms. The second-order valence-corrected chi connectivity index (χ2v) is 4.48. The number of hydrogen-bond acceptors (Lipinski definition) is 3. The van der Waals surface area contributed by atoms with Crippen LogP contribution in [-0.4, -0.2) is 12.7 Å². The summed E-state index contributed by atoms with van der Waals surface area (Å²) < 4.78 is 5.01.